The topological polar surface area (TPSA) is 27.0 Å². The van der Waals surface area contributed by atoms with E-state index in [-0.39, 0.29) is 5.41 Å². The maximum Gasteiger partial charge on any atom is 0.0624 e. The Morgan fingerprint density at radius 2 is 2.06 bits per heavy atom. The highest BCUT2D eigenvalue weighted by Crippen LogP contribution is 2.37. The number of hydrogen-bond donors (Lipinski definition) is 0. The van der Waals surface area contributed by atoms with Crippen LogP contribution >= 0.6 is 0 Å². The van der Waals surface area contributed by atoms with E-state index in [1.807, 2.05) is 0 Å². The molecule has 0 spiro atoms. The molecule has 1 atom stereocenters. The first kappa shape index (κ1) is 13.1. The van der Waals surface area contributed by atoms with E-state index in [0.29, 0.717) is 12.3 Å². The van der Waals surface area contributed by atoms with Crippen LogP contribution in [0.5, 0.6) is 0 Å². The van der Waals surface area contributed by atoms with Crippen molar-refractivity contribution in [3.05, 3.63) is 35.9 Å². The van der Waals surface area contributed by atoms with Crippen molar-refractivity contribution in [2.75, 3.05) is 13.1 Å². The Morgan fingerprint density at radius 1 is 1.33 bits per heavy atom. The van der Waals surface area contributed by atoms with E-state index >= 15 is 0 Å². The van der Waals surface area contributed by atoms with Crippen LogP contribution in [0.4, 0.5) is 0 Å². The molecule has 1 heterocycles. The predicted octanol–water partition coefficient (Wildman–Crippen LogP) is 3.45. The molecular formula is C16H22N2. The van der Waals surface area contributed by atoms with Gasteiger partial charge in [-0.15, -0.1) is 0 Å². The molecular weight excluding hydrogens is 220 g/mol. The van der Waals surface area contributed by atoms with Gasteiger partial charge in [-0.1, -0.05) is 44.2 Å². The fraction of sp³-hybridized carbons (Fsp3) is 0.562. The van der Waals surface area contributed by atoms with E-state index in [0.717, 1.165) is 26.1 Å². The summed E-state index contributed by atoms with van der Waals surface area (Å²) in [6.45, 7) is 7.83. The van der Waals surface area contributed by atoms with Gasteiger partial charge in [0.15, 0.2) is 0 Å². The van der Waals surface area contributed by atoms with Crippen molar-refractivity contribution in [1.82, 2.24) is 4.90 Å². The maximum atomic E-state index is 8.89. The van der Waals surface area contributed by atoms with E-state index < -0.39 is 0 Å². The normalized spacial score (nSPS) is 23.5. The fourth-order valence-corrected chi connectivity index (χ4v) is 2.98. The van der Waals surface area contributed by atoms with Crippen molar-refractivity contribution in [3.63, 3.8) is 0 Å². The second-order valence-corrected chi connectivity index (χ2v) is 6.03. The molecule has 1 aromatic rings. The summed E-state index contributed by atoms with van der Waals surface area (Å²) < 4.78 is 0. The second kappa shape index (κ2) is 5.54. The zero-order valence-electron chi connectivity index (χ0n) is 11.4. The maximum absolute atomic E-state index is 8.89. The number of piperidine rings is 1. The molecule has 0 aromatic heterocycles. The van der Waals surface area contributed by atoms with E-state index in [1.165, 1.54) is 5.56 Å². The number of nitriles is 1. The van der Waals surface area contributed by atoms with Crippen molar-refractivity contribution in [2.45, 2.75) is 33.2 Å². The zero-order valence-corrected chi connectivity index (χ0v) is 11.4. The van der Waals surface area contributed by atoms with Crippen LogP contribution in [-0.2, 0) is 6.54 Å². The van der Waals surface area contributed by atoms with Gasteiger partial charge < -0.3 is 0 Å². The minimum absolute atomic E-state index is 0.253. The molecule has 2 nitrogen and oxygen atoms in total. The summed E-state index contributed by atoms with van der Waals surface area (Å²) in [5.74, 6) is 0.550. The Kier molecular flexibility index (Phi) is 4.04. The predicted molar refractivity (Wildman–Crippen MR) is 73.8 cm³/mol. The molecule has 2 rings (SSSR count). The minimum atomic E-state index is 0.253. The summed E-state index contributed by atoms with van der Waals surface area (Å²) in [6.07, 6.45) is 1.85. The van der Waals surface area contributed by atoms with Crippen molar-refractivity contribution in [3.8, 4) is 6.07 Å². The third-order valence-corrected chi connectivity index (χ3v) is 4.12. The Bertz CT molecular complexity index is 416. The molecule has 18 heavy (non-hydrogen) atoms. The van der Waals surface area contributed by atoms with Gasteiger partial charge in [0.2, 0.25) is 0 Å². The van der Waals surface area contributed by atoms with Gasteiger partial charge in [-0.05, 0) is 29.9 Å². The molecule has 1 aliphatic rings. The standard InChI is InChI=1S/C16H22N2/c1-16(2)13-18(11-9-15(16)8-10-17)12-14-6-4-3-5-7-14/h3-7,15H,8-9,11-13H2,1-2H3. The van der Waals surface area contributed by atoms with E-state index in [9.17, 15) is 0 Å². The molecule has 1 fully saturated rings. The first-order valence-corrected chi connectivity index (χ1v) is 6.75. The summed E-state index contributed by atoms with van der Waals surface area (Å²) >= 11 is 0. The molecule has 96 valence electrons. The Labute approximate surface area is 110 Å². The fourth-order valence-electron chi connectivity index (χ4n) is 2.98. The largest absolute Gasteiger partial charge is 0.299 e. The van der Waals surface area contributed by atoms with Gasteiger partial charge in [-0.2, -0.15) is 5.26 Å². The molecule has 1 unspecified atom stereocenters. The number of nitrogens with zero attached hydrogens (tertiary/aromatic N) is 2. The van der Waals surface area contributed by atoms with Gasteiger partial charge in [-0.25, -0.2) is 0 Å². The monoisotopic (exact) mass is 242 g/mol. The van der Waals surface area contributed by atoms with Crippen molar-refractivity contribution < 1.29 is 0 Å². The number of rotatable bonds is 3. The second-order valence-electron chi connectivity index (χ2n) is 6.03. The molecule has 1 aromatic carbocycles. The first-order chi connectivity index (χ1) is 8.62. The molecule has 1 saturated heterocycles. The van der Waals surface area contributed by atoms with Gasteiger partial charge >= 0.3 is 0 Å². The van der Waals surface area contributed by atoms with E-state index in [2.05, 4.69) is 55.1 Å². The SMILES string of the molecule is CC1(C)CN(Cc2ccccc2)CCC1CC#N. The molecule has 2 heteroatoms. The number of hydrogen-bond acceptors (Lipinski definition) is 2. The molecule has 0 N–H and O–H groups in total. The zero-order chi connectivity index (χ0) is 13.0. The lowest BCUT2D eigenvalue weighted by atomic mass is 9.72. The van der Waals surface area contributed by atoms with Crippen molar-refractivity contribution >= 4 is 0 Å². The van der Waals surface area contributed by atoms with Gasteiger partial charge in [0.1, 0.15) is 0 Å². The average Bonchev–Trinajstić information content (AvgIpc) is 2.33. The Morgan fingerprint density at radius 3 is 2.67 bits per heavy atom. The lowest BCUT2D eigenvalue weighted by Crippen LogP contribution is -2.45. The average molecular weight is 242 g/mol. The number of benzene rings is 1. The summed E-state index contributed by atoms with van der Waals surface area (Å²) in [7, 11) is 0. The van der Waals surface area contributed by atoms with Gasteiger partial charge in [0.05, 0.1) is 6.07 Å². The molecule has 0 radical (unpaired) electrons. The first-order valence-electron chi connectivity index (χ1n) is 6.75. The van der Waals surface area contributed by atoms with Crippen molar-refractivity contribution in [2.24, 2.45) is 11.3 Å². The summed E-state index contributed by atoms with van der Waals surface area (Å²) in [6, 6.07) is 13.0. The van der Waals surface area contributed by atoms with Crippen molar-refractivity contribution in [1.29, 1.82) is 5.26 Å². The lowest BCUT2D eigenvalue weighted by Gasteiger charge is -2.43. The minimum Gasteiger partial charge on any atom is -0.299 e. The van der Waals surface area contributed by atoms with Crippen LogP contribution < -0.4 is 0 Å². The van der Waals surface area contributed by atoms with Gasteiger partial charge in [-0.3, -0.25) is 4.90 Å². The molecule has 0 saturated carbocycles. The van der Waals surface area contributed by atoms with Crippen LogP contribution in [-0.4, -0.2) is 18.0 Å². The highest BCUT2D eigenvalue weighted by molar-refractivity contribution is 5.14. The van der Waals surface area contributed by atoms with Crippen LogP contribution in [0.1, 0.15) is 32.3 Å². The molecule has 1 aliphatic heterocycles. The lowest BCUT2D eigenvalue weighted by molar-refractivity contribution is 0.0527. The quantitative estimate of drug-likeness (QED) is 0.811. The van der Waals surface area contributed by atoms with Crippen LogP contribution in [0.2, 0.25) is 0 Å². The molecule has 0 bridgehead atoms. The van der Waals surface area contributed by atoms with Crippen LogP contribution in [0.25, 0.3) is 0 Å². The summed E-state index contributed by atoms with van der Waals surface area (Å²) in [5, 5.41) is 8.89. The summed E-state index contributed by atoms with van der Waals surface area (Å²) in [4.78, 5) is 2.52. The van der Waals surface area contributed by atoms with Crippen LogP contribution in [0.15, 0.2) is 30.3 Å². The third kappa shape index (κ3) is 3.11. The van der Waals surface area contributed by atoms with Gasteiger partial charge in [0, 0.05) is 19.5 Å². The number of likely N-dealkylation sites (tertiary alicyclic amines) is 1. The van der Waals surface area contributed by atoms with Crippen LogP contribution in [0.3, 0.4) is 0 Å². The van der Waals surface area contributed by atoms with Crippen LogP contribution in [0, 0.1) is 22.7 Å². The molecule has 0 aliphatic carbocycles. The Hall–Kier alpha value is -1.33. The van der Waals surface area contributed by atoms with E-state index in [1.54, 1.807) is 0 Å². The highest BCUT2D eigenvalue weighted by atomic mass is 15.1. The summed E-state index contributed by atoms with van der Waals surface area (Å²) in [5.41, 5.74) is 1.63. The molecule has 0 amide bonds. The van der Waals surface area contributed by atoms with E-state index in [4.69, 9.17) is 5.26 Å². The third-order valence-electron chi connectivity index (χ3n) is 4.12. The smallest absolute Gasteiger partial charge is 0.0624 e. The Balaban J connectivity index is 1.97. The van der Waals surface area contributed by atoms with Gasteiger partial charge in [0.25, 0.3) is 0 Å². The highest BCUT2D eigenvalue weighted by Gasteiger charge is 2.35.